The number of hydrogen-bond acceptors (Lipinski definition) is 5. The van der Waals surface area contributed by atoms with Gasteiger partial charge in [0, 0.05) is 69.5 Å². The molecule has 6 heteroatoms. The van der Waals surface area contributed by atoms with Gasteiger partial charge in [0.2, 0.25) is 0 Å². The number of para-hydroxylation sites is 2. The number of fused-ring (bicyclic) bond motifs is 12. The SMILES string of the molecule is CC1(C)c2ccccc2-c2c(-c3nc(-c4cccc5oc6ccc(-c7ccc8c(c7)c7ccccc7n8-c7ccccc7)cc6c45)nc(-c4cccc5sc6ccccc6c45)n3)cccc21. The van der Waals surface area contributed by atoms with E-state index in [1.54, 1.807) is 11.3 Å². The highest BCUT2D eigenvalue weighted by atomic mass is 32.1. The van der Waals surface area contributed by atoms with Gasteiger partial charge in [-0.2, -0.15) is 0 Å². The highest BCUT2D eigenvalue weighted by Gasteiger charge is 2.37. The van der Waals surface area contributed by atoms with Crippen LogP contribution in [0.25, 0.3) is 126 Å². The number of aromatic nitrogens is 4. The normalized spacial score (nSPS) is 13.1. The predicted octanol–water partition coefficient (Wildman–Crippen LogP) is 16.2. The van der Waals surface area contributed by atoms with Gasteiger partial charge < -0.3 is 8.98 Å². The molecular formula is C60H38N4OS. The summed E-state index contributed by atoms with van der Waals surface area (Å²) in [4.78, 5) is 16.4. The van der Waals surface area contributed by atoms with Crippen LogP contribution in [-0.2, 0) is 5.41 Å². The molecule has 0 bridgehead atoms. The quantitative estimate of drug-likeness (QED) is 0.173. The van der Waals surface area contributed by atoms with E-state index in [2.05, 4.69) is 200 Å². The van der Waals surface area contributed by atoms with Crippen LogP contribution in [0.5, 0.6) is 0 Å². The molecule has 0 fully saturated rings. The lowest BCUT2D eigenvalue weighted by Crippen LogP contribution is -2.14. The van der Waals surface area contributed by atoms with E-state index in [1.165, 1.54) is 58.8 Å². The molecule has 0 amide bonds. The zero-order valence-corrected chi connectivity index (χ0v) is 36.9. The van der Waals surface area contributed by atoms with E-state index in [0.717, 1.165) is 60.8 Å². The van der Waals surface area contributed by atoms with Gasteiger partial charge in [0.25, 0.3) is 0 Å². The van der Waals surface area contributed by atoms with Gasteiger partial charge in [0.05, 0.1) is 11.0 Å². The van der Waals surface area contributed by atoms with Gasteiger partial charge in [-0.3, -0.25) is 0 Å². The van der Waals surface area contributed by atoms with Gasteiger partial charge in [-0.1, -0.05) is 147 Å². The van der Waals surface area contributed by atoms with E-state index < -0.39 is 0 Å². The Morgan fingerprint density at radius 2 is 1.02 bits per heavy atom. The lowest BCUT2D eigenvalue weighted by molar-refractivity contribution is 0.660. The smallest absolute Gasteiger partial charge is 0.164 e. The van der Waals surface area contributed by atoms with Crippen LogP contribution in [-0.4, -0.2) is 19.5 Å². The van der Waals surface area contributed by atoms with E-state index in [0.29, 0.717) is 17.5 Å². The maximum absolute atomic E-state index is 6.66. The molecule has 66 heavy (non-hydrogen) atoms. The van der Waals surface area contributed by atoms with Crippen molar-refractivity contribution in [2.45, 2.75) is 19.3 Å². The average molecular weight is 863 g/mol. The Labute approximate surface area is 383 Å². The van der Waals surface area contributed by atoms with Crippen LogP contribution in [0.1, 0.15) is 25.0 Å². The second-order valence-corrected chi connectivity index (χ2v) is 19.0. The molecular weight excluding hydrogens is 825 g/mol. The molecule has 0 radical (unpaired) electrons. The van der Waals surface area contributed by atoms with Crippen molar-refractivity contribution in [3.05, 3.63) is 205 Å². The zero-order valence-electron chi connectivity index (χ0n) is 36.1. The summed E-state index contributed by atoms with van der Waals surface area (Å²) in [5.41, 5.74) is 15.0. The monoisotopic (exact) mass is 862 g/mol. The fourth-order valence-electron chi connectivity index (χ4n) is 10.8. The number of rotatable bonds is 5. The van der Waals surface area contributed by atoms with Gasteiger partial charge in [-0.25, -0.2) is 15.0 Å². The van der Waals surface area contributed by atoms with E-state index >= 15 is 0 Å². The Hall–Kier alpha value is -8.19. The van der Waals surface area contributed by atoms with Crippen molar-refractivity contribution in [1.29, 1.82) is 0 Å². The van der Waals surface area contributed by atoms with Crippen molar-refractivity contribution in [3.8, 4) is 62.1 Å². The van der Waals surface area contributed by atoms with Crippen molar-refractivity contribution in [2.75, 3.05) is 0 Å². The Bertz CT molecular complexity index is 4160. The summed E-state index contributed by atoms with van der Waals surface area (Å²) in [5, 5.41) is 6.78. The molecule has 4 aromatic heterocycles. The minimum Gasteiger partial charge on any atom is -0.456 e. The molecule has 9 aromatic carbocycles. The van der Waals surface area contributed by atoms with Crippen molar-refractivity contribution < 1.29 is 4.42 Å². The van der Waals surface area contributed by atoms with Crippen LogP contribution < -0.4 is 0 Å². The molecule has 0 spiro atoms. The topological polar surface area (TPSA) is 56.7 Å². The number of furan rings is 1. The fourth-order valence-corrected chi connectivity index (χ4v) is 12.0. The summed E-state index contributed by atoms with van der Waals surface area (Å²) in [5.74, 6) is 1.88. The minimum atomic E-state index is -0.176. The summed E-state index contributed by atoms with van der Waals surface area (Å²) in [6, 6.07) is 69.3. The van der Waals surface area contributed by atoms with Crippen LogP contribution in [0.3, 0.4) is 0 Å². The molecule has 13 aromatic rings. The molecule has 310 valence electrons. The van der Waals surface area contributed by atoms with Gasteiger partial charge in [0.15, 0.2) is 17.5 Å². The molecule has 0 unspecified atom stereocenters. The van der Waals surface area contributed by atoms with Crippen LogP contribution in [0.15, 0.2) is 199 Å². The largest absolute Gasteiger partial charge is 0.456 e. The molecule has 0 saturated heterocycles. The molecule has 0 N–H and O–H groups in total. The average Bonchev–Trinajstić information content (AvgIpc) is 4.10. The summed E-state index contributed by atoms with van der Waals surface area (Å²) in [6.45, 7) is 4.63. The maximum atomic E-state index is 6.66. The van der Waals surface area contributed by atoms with Gasteiger partial charge >= 0.3 is 0 Å². The number of nitrogens with zero attached hydrogens (tertiary/aromatic N) is 4. The zero-order chi connectivity index (χ0) is 43.7. The Balaban J connectivity index is 0.997. The molecule has 0 atom stereocenters. The van der Waals surface area contributed by atoms with Crippen LogP contribution in [0.4, 0.5) is 0 Å². The lowest BCUT2D eigenvalue weighted by atomic mass is 9.82. The second-order valence-electron chi connectivity index (χ2n) is 17.9. The summed E-state index contributed by atoms with van der Waals surface area (Å²) in [7, 11) is 0. The minimum absolute atomic E-state index is 0.176. The third-order valence-corrected chi connectivity index (χ3v) is 15.0. The fraction of sp³-hybridized carbons (Fsp3) is 0.0500. The first kappa shape index (κ1) is 37.2. The standard InChI is InChI=1S/C60H38N4OS/c1-60(2)46-23-9-6-18-39(46)54-41(20-12-24-47(54)60)57-61-58(63-59(62-57)43-22-14-28-53-56(43)40-19-8-11-27-52(40)66-53)42-21-13-26-51-55(42)45-34-36(30-32-50(45)65-51)35-29-31-49-44(33-35)38-17-7-10-25-48(38)64(49)37-15-4-3-5-16-37/h3-34H,1-2H3. The highest BCUT2D eigenvalue weighted by Crippen LogP contribution is 2.52. The van der Waals surface area contributed by atoms with Crippen molar-refractivity contribution in [2.24, 2.45) is 0 Å². The number of thiophene rings is 1. The van der Waals surface area contributed by atoms with E-state index in [9.17, 15) is 0 Å². The summed E-state index contributed by atoms with van der Waals surface area (Å²) in [6.07, 6.45) is 0. The molecule has 1 aliphatic rings. The first-order chi connectivity index (χ1) is 32.5. The molecule has 5 nitrogen and oxygen atoms in total. The maximum Gasteiger partial charge on any atom is 0.164 e. The third kappa shape index (κ3) is 5.36. The van der Waals surface area contributed by atoms with Crippen LogP contribution >= 0.6 is 11.3 Å². The predicted molar refractivity (Wildman–Crippen MR) is 274 cm³/mol. The summed E-state index contributed by atoms with van der Waals surface area (Å²) < 4.78 is 11.5. The first-order valence-electron chi connectivity index (χ1n) is 22.4. The Morgan fingerprint density at radius 1 is 0.424 bits per heavy atom. The third-order valence-electron chi connectivity index (χ3n) is 13.9. The van der Waals surface area contributed by atoms with Crippen LogP contribution in [0, 0.1) is 0 Å². The van der Waals surface area contributed by atoms with E-state index in [-0.39, 0.29) is 5.41 Å². The number of hydrogen-bond donors (Lipinski definition) is 0. The lowest BCUT2D eigenvalue weighted by Gasteiger charge is -2.21. The molecule has 1 aliphatic carbocycles. The Kier molecular flexibility index (Phi) is 7.84. The molecule has 4 heterocycles. The second kappa shape index (κ2) is 13.9. The Morgan fingerprint density at radius 3 is 1.86 bits per heavy atom. The van der Waals surface area contributed by atoms with E-state index in [1.807, 2.05) is 12.1 Å². The summed E-state index contributed by atoms with van der Waals surface area (Å²) >= 11 is 1.80. The number of benzene rings is 9. The first-order valence-corrected chi connectivity index (χ1v) is 23.2. The van der Waals surface area contributed by atoms with Gasteiger partial charge in [-0.15, -0.1) is 11.3 Å². The molecule has 14 rings (SSSR count). The van der Waals surface area contributed by atoms with Crippen molar-refractivity contribution in [1.82, 2.24) is 19.5 Å². The van der Waals surface area contributed by atoms with Crippen LogP contribution in [0.2, 0.25) is 0 Å². The van der Waals surface area contributed by atoms with Gasteiger partial charge in [0.1, 0.15) is 11.2 Å². The highest BCUT2D eigenvalue weighted by molar-refractivity contribution is 7.25. The van der Waals surface area contributed by atoms with Gasteiger partial charge in [-0.05, 0) is 94.0 Å². The van der Waals surface area contributed by atoms with E-state index in [4.69, 9.17) is 19.4 Å². The van der Waals surface area contributed by atoms with Crippen molar-refractivity contribution >= 4 is 75.3 Å². The van der Waals surface area contributed by atoms with Crippen molar-refractivity contribution in [3.63, 3.8) is 0 Å². The molecule has 0 aliphatic heterocycles. The molecule has 0 saturated carbocycles.